The van der Waals surface area contributed by atoms with E-state index in [1.165, 1.54) is 0 Å². The van der Waals surface area contributed by atoms with Crippen LogP contribution in [0.4, 0.5) is 0 Å². The van der Waals surface area contributed by atoms with Crippen LogP contribution in [0.15, 0.2) is 4.47 Å². The van der Waals surface area contributed by atoms with E-state index in [-0.39, 0.29) is 6.10 Å². The topological polar surface area (TPSA) is 56.5 Å². The molecule has 18 heavy (non-hydrogen) atoms. The zero-order valence-electron chi connectivity index (χ0n) is 10.7. The summed E-state index contributed by atoms with van der Waals surface area (Å²) >= 11 is 3.53. The molecule has 1 aromatic heterocycles. The van der Waals surface area contributed by atoms with Crippen LogP contribution in [0.5, 0.6) is 0 Å². The number of aryl methyl sites for hydroxylation is 2. The number of aromatic nitrogens is 2. The minimum atomic E-state index is -0.567. The molecule has 0 bridgehead atoms. The van der Waals surface area contributed by atoms with Crippen molar-refractivity contribution in [3.63, 3.8) is 0 Å². The van der Waals surface area contributed by atoms with Gasteiger partial charge in [-0.2, -0.15) is 5.10 Å². The van der Waals surface area contributed by atoms with E-state index in [1.807, 2.05) is 18.5 Å². The zero-order chi connectivity index (χ0) is 13.1. The fraction of sp³-hybridized carbons (Fsp3) is 0.750. The molecule has 1 aliphatic rings. The maximum atomic E-state index is 10.2. The molecule has 1 saturated heterocycles. The van der Waals surface area contributed by atoms with Crippen LogP contribution in [0.3, 0.4) is 0 Å². The molecule has 6 heteroatoms. The fourth-order valence-corrected chi connectivity index (χ4v) is 2.57. The number of hydrogen-bond donors (Lipinski definition) is 1. The molecule has 2 unspecified atom stereocenters. The van der Waals surface area contributed by atoms with Crippen LogP contribution in [0, 0.1) is 6.92 Å². The van der Waals surface area contributed by atoms with Crippen LogP contribution in [0.1, 0.15) is 18.3 Å². The molecule has 0 radical (unpaired) electrons. The second kappa shape index (κ2) is 6.14. The Balaban J connectivity index is 2.08. The predicted octanol–water partition coefficient (Wildman–Crippen LogP) is 1.29. The smallest absolute Gasteiger partial charge is 0.107 e. The zero-order valence-corrected chi connectivity index (χ0v) is 12.3. The highest BCUT2D eigenvalue weighted by Gasteiger charge is 2.26. The number of nitrogens with zero attached hydrogens (tertiary/aromatic N) is 2. The quantitative estimate of drug-likeness (QED) is 0.909. The summed E-state index contributed by atoms with van der Waals surface area (Å²) in [5, 5.41) is 14.6. The molecule has 1 aromatic rings. The Morgan fingerprint density at radius 2 is 2.33 bits per heavy atom. The minimum Gasteiger partial charge on any atom is -0.390 e. The Bertz CT molecular complexity index is 402. The summed E-state index contributed by atoms with van der Waals surface area (Å²) in [6.07, 6.45) is -0.294. The first-order valence-corrected chi connectivity index (χ1v) is 7.02. The van der Waals surface area contributed by atoms with Crippen molar-refractivity contribution in [3.8, 4) is 0 Å². The molecule has 0 saturated carbocycles. The third-order valence-electron chi connectivity index (χ3n) is 3.13. The van der Waals surface area contributed by atoms with Gasteiger partial charge in [-0.1, -0.05) is 0 Å². The van der Waals surface area contributed by atoms with E-state index in [0.717, 1.165) is 22.4 Å². The Hall–Kier alpha value is -0.430. The van der Waals surface area contributed by atoms with Crippen LogP contribution >= 0.6 is 15.9 Å². The lowest BCUT2D eigenvalue weighted by Gasteiger charge is -2.27. The molecule has 5 nitrogen and oxygen atoms in total. The second-order valence-electron chi connectivity index (χ2n) is 4.42. The Labute approximate surface area is 115 Å². The van der Waals surface area contributed by atoms with Gasteiger partial charge in [0.1, 0.15) is 6.10 Å². The van der Waals surface area contributed by atoms with E-state index < -0.39 is 6.10 Å². The van der Waals surface area contributed by atoms with E-state index in [9.17, 15) is 5.11 Å². The van der Waals surface area contributed by atoms with Gasteiger partial charge in [0, 0.05) is 13.0 Å². The van der Waals surface area contributed by atoms with Crippen molar-refractivity contribution in [2.45, 2.75) is 39.0 Å². The molecule has 2 rings (SSSR count). The van der Waals surface area contributed by atoms with Crippen molar-refractivity contribution in [3.05, 3.63) is 15.9 Å². The number of halogens is 1. The highest BCUT2D eigenvalue weighted by Crippen LogP contribution is 2.23. The summed E-state index contributed by atoms with van der Waals surface area (Å²) in [4.78, 5) is 0. The van der Waals surface area contributed by atoms with Gasteiger partial charge in [-0.25, -0.2) is 0 Å². The van der Waals surface area contributed by atoms with E-state index in [0.29, 0.717) is 26.2 Å². The molecular formula is C12H19BrN2O3. The van der Waals surface area contributed by atoms with Crippen molar-refractivity contribution in [1.82, 2.24) is 9.78 Å². The summed E-state index contributed by atoms with van der Waals surface area (Å²) in [5.74, 6) is 0. The van der Waals surface area contributed by atoms with Crippen molar-refractivity contribution < 1.29 is 14.6 Å². The first-order chi connectivity index (χ1) is 8.63. The van der Waals surface area contributed by atoms with Gasteiger partial charge >= 0.3 is 0 Å². The minimum absolute atomic E-state index is 0.244. The molecule has 0 aliphatic carbocycles. The highest BCUT2D eigenvalue weighted by atomic mass is 79.9. The lowest BCUT2D eigenvalue weighted by molar-refractivity contribution is -0.131. The van der Waals surface area contributed by atoms with E-state index in [4.69, 9.17) is 9.47 Å². The highest BCUT2D eigenvalue weighted by molar-refractivity contribution is 9.10. The van der Waals surface area contributed by atoms with Gasteiger partial charge in [0.25, 0.3) is 0 Å². The van der Waals surface area contributed by atoms with E-state index in [2.05, 4.69) is 21.0 Å². The maximum Gasteiger partial charge on any atom is 0.107 e. The normalized spacial score (nSPS) is 22.1. The predicted molar refractivity (Wildman–Crippen MR) is 70.6 cm³/mol. The molecule has 0 spiro atoms. The second-order valence-corrected chi connectivity index (χ2v) is 5.21. The monoisotopic (exact) mass is 318 g/mol. The van der Waals surface area contributed by atoms with Crippen LogP contribution in [-0.2, 0) is 22.4 Å². The standard InChI is InChI=1S/C12H19BrN2O3/c1-3-15-9(12(13)8(2)14-15)6-10(16)11-7-17-4-5-18-11/h10-11,16H,3-7H2,1-2H3. The SMILES string of the molecule is CCn1nc(C)c(Br)c1CC(O)C1COCCO1. The fourth-order valence-electron chi connectivity index (χ4n) is 2.12. The van der Waals surface area contributed by atoms with Gasteiger partial charge in [0.15, 0.2) is 0 Å². The molecule has 0 amide bonds. The van der Waals surface area contributed by atoms with Crippen LogP contribution in [-0.4, -0.2) is 46.9 Å². The molecule has 1 N–H and O–H groups in total. The lowest BCUT2D eigenvalue weighted by atomic mass is 10.1. The van der Waals surface area contributed by atoms with Crippen molar-refractivity contribution in [1.29, 1.82) is 0 Å². The summed E-state index contributed by atoms with van der Waals surface area (Å²) in [6, 6.07) is 0. The molecule has 2 heterocycles. The van der Waals surface area contributed by atoms with Crippen molar-refractivity contribution in [2.75, 3.05) is 19.8 Å². The lowest BCUT2D eigenvalue weighted by Crippen LogP contribution is -2.39. The summed E-state index contributed by atoms with van der Waals surface area (Å²) in [6.45, 7) is 6.39. The summed E-state index contributed by atoms with van der Waals surface area (Å²) in [7, 11) is 0. The molecule has 2 atom stereocenters. The molecule has 0 aromatic carbocycles. The Morgan fingerprint density at radius 3 is 2.94 bits per heavy atom. The summed E-state index contributed by atoms with van der Waals surface area (Å²) in [5.41, 5.74) is 1.96. The van der Waals surface area contributed by atoms with E-state index >= 15 is 0 Å². The van der Waals surface area contributed by atoms with Gasteiger partial charge in [-0.05, 0) is 29.8 Å². The largest absolute Gasteiger partial charge is 0.390 e. The van der Waals surface area contributed by atoms with E-state index in [1.54, 1.807) is 0 Å². The van der Waals surface area contributed by atoms with Crippen molar-refractivity contribution in [2.24, 2.45) is 0 Å². The number of rotatable bonds is 4. The van der Waals surface area contributed by atoms with Crippen molar-refractivity contribution >= 4 is 15.9 Å². The van der Waals surface area contributed by atoms with Crippen LogP contribution < -0.4 is 0 Å². The van der Waals surface area contributed by atoms with Gasteiger partial charge in [-0.3, -0.25) is 4.68 Å². The maximum absolute atomic E-state index is 10.2. The molecule has 1 aliphatic heterocycles. The third kappa shape index (κ3) is 2.93. The first kappa shape index (κ1) is 14.0. The van der Waals surface area contributed by atoms with Crippen LogP contribution in [0.2, 0.25) is 0 Å². The number of hydrogen-bond acceptors (Lipinski definition) is 4. The average Bonchev–Trinajstić information content (AvgIpc) is 2.67. The van der Waals surface area contributed by atoms with Gasteiger partial charge < -0.3 is 14.6 Å². The van der Waals surface area contributed by atoms with Gasteiger partial charge in [0.05, 0.1) is 41.8 Å². The third-order valence-corrected chi connectivity index (χ3v) is 4.16. The van der Waals surface area contributed by atoms with Gasteiger partial charge in [0.2, 0.25) is 0 Å². The number of aliphatic hydroxyl groups excluding tert-OH is 1. The average molecular weight is 319 g/mol. The molecule has 1 fully saturated rings. The summed E-state index contributed by atoms with van der Waals surface area (Å²) < 4.78 is 13.7. The molecular weight excluding hydrogens is 300 g/mol. The van der Waals surface area contributed by atoms with Gasteiger partial charge in [-0.15, -0.1) is 0 Å². The molecule has 102 valence electrons. The number of aliphatic hydroxyl groups is 1. The van der Waals surface area contributed by atoms with Crippen LogP contribution in [0.25, 0.3) is 0 Å². The Kier molecular flexibility index (Phi) is 4.77. The first-order valence-electron chi connectivity index (χ1n) is 6.22. The Morgan fingerprint density at radius 1 is 1.56 bits per heavy atom. The number of ether oxygens (including phenoxy) is 2.